The normalized spacial score (nSPS) is 11.0. The largest absolute Gasteiger partial charge is 0.495 e. The van der Waals surface area contributed by atoms with Crippen molar-refractivity contribution in [3.8, 4) is 16.9 Å². The van der Waals surface area contributed by atoms with Crippen LogP contribution in [-0.4, -0.2) is 17.1 Å². The third-order valence-corrected chi connectivity index (χ3v) is 5.67. The standard InChI is InChI=1S/C21H18ClN3OS/c1-12-4-6-14(7-5-12)18-13(2)27-21-19(18)20(23-11-24-21)25-16-10-15(22)8-9-17(16)26-3/h4-11H,1-3H3,(H,23,24,25). The van der Waals surface area contributed by atoms with Gasteiger partial charge in [-0.2, -0.15) is 0 Å². The van der Waals surface area contributed by atoms with Gasteiger partial charge in [0.05, 0.1) is 18.2 Å². The topological polar surface area (TPSA) is 47.0 Å². The van der Waals surface area contributed by atoms with E-state index in [0.29, 0.717) is 10.8 Å². The number of benzene rings is 2. The minimum atomic E-state index is 0.629. The van der Waals surface area contributed by atoms with Gasteiger partial charge in [0.25, 0.3) is 0 Å². The molecule has 136 valence electrons. The van der Waals surface area contributed by atoms with E-state index in [4.69, 9.17) is 16.3 Å². The highest BCUT2D eigenvalue weighted by atomic mass is 35.5. The number of anilines is 2. The molecule has 4 aromatic rings. The van der Waals surface area contributed by atoms with Gasteiger partial charge in [0.15, 0.2) is 0 Å². The van der Waals surface area contributed by atoms with Crippen LogP contribution in [0, 0.1) is 13.8 Å². The van der Waals surface area contributed by atoms with Crippen LogP contribution in [-0.2, 0) is 0 Å². The van der Waals surface area contributed by atoms with Crippen LogP contribution < -0.4 is 10.1 Å². The molecule has 0 saturated carbocycles. The summed E-state index contributed by atoms with van der Waals surface area (Å²) in [5, 5.41) is 5.02. The van der Waals surface area contributed by atoms with Crippen LogP contribution in [0.4, 0.5) is 11.5 Å². The molecule has 0 saturated heterocycles. The Bertz CT molecular complexity index is 1120. The van der Waals surface area contributed by atoms with Gasteiger partial charge in [0.2, 0.25) is 0 Å². The highest BCUT2D eigenvalue weighted by Gasteiger charge is 2.17. The average Bonchev–Trinajstić information content (AvgIpc) is 2.99. The molecule has 0 aliphatic carbocycles. The Hall–Kier alpha value is -2.63. The molecule has 4 rings (SSSR count). The summed E-state index contributed by atoms with van der Waals surface area (Å²) in [6.07, 6.45) is 1.58. The number of nitrogens with zero attached hydrogens (tertiary/aromatic N) is 2. The molecule has 0 spiro atoms. The number of thiophene rings is 1. The van der Waals surface area contributed by atoms with Crippen LogP contribution in [0.3, 0.4) is 0 Å². The zero-order valence-corrected chi connectivity index (χ0v) is 16.8. The Kier molecular flexibility index (Phi) is 4.72. The molecule has 1 N–H and O–H groups in total. The summed E-state index contributed by atoms with van der Waals surface area (Å²) in [4.78, 5) is 11.1. The first-order valence-electron chi connectivity index (χ1n) is 8.48. The van der Waals surface area contributed by atoms with E-state index in [2.05, 4.69) is 53.4 Å². The molecule has 27 heavy (non-hydrogen) atoms. The van der Waals surface area contributed by atoms with Crippen LogP contribution >= 0.6 is 22.9 Å². The smallest absolute Gasteiger partial charge is 0.143 e. The fourth-order valence-electron chi connectivity index (χ4n) is 3.11. The molecule has 6 heteroatoms. The lowest BCUT2D eigenvalue weighted by atomic mass is 10.0. The summed E-state index contributed by atoms with van der Waals surface area (Å²) < 4.78 is 5.46. The van der Waals surface area contributed by atoms with Gasteiger partial charge in [-0.3, -0.25) is 0 Å². The van der Waals surface area contributed by atoms with Crippen LogP contribution in [0.5, 0.6) is 5.75 Å². The third kappa shape index (κ3) is 3.36. The van der Waals surface area contributed by atoms with Gasteiger partial charge in [-0.25, -0.2) is 9.97 Å². The molecule has 0 aliphatic heterocycles. The minimum Gasteiger partial charge on any atom is -0.495 e. The number of hydrogen-bond acceptors (Lipinski definition) is 5. The maximum atomic E-state index is 6.18. The van der Waals surface area contributed by atoms with Crippen molar-refractivity contribution >= 4 is 44.7 Å². The molecular weight excluding hydrogens is 378 g/mol. The number of rotatable bonds is 4. The van der Waals surface area contributed by atoms with E-state index in [1.165, 1.54) is 10.4 Å². The molecule has 0 fully saturated rings. The predicted octanol–water partition coefficient (Wildman–Crippen LogP) is 6.38. The monoisotopic (exact) mass is 395 g/mol. The second-order valence-electron chi connectivity index (χ2n) is 6.27. The van der Waals surface area contributed by atoms with Crippen molar-refractivity contribution in [2.45, 2.75) is 13.8 Å². The molecule has 2 heterocycles. The van der Waals surface area contributed by atoms with Crippen molar-refractivity contribution in [1.82, 2.24) is 9.97 Å². The maximum Gasteiger partial charge on any atom is 0.143 e. The Morgan fingerprint density at radius 2 is 1.81 bits per heavy atom. The van der Waals surface area contributed by atoms with E-state index in [-0.39, 0.29) is 0 Å². The average molecular weight is 396 g/mol. The molecule has 0 radical (unpaired) electrons. The number of nitrogens with one attached hydrogen (secondary N) is 1. The Labute approximate surface area is 166 Å². The molecule has 0 unspecified atom stereocenters. The first-order valence-corrected chi connectivity index (χ1v) is 9.68. The van der Waals surface area contributed by atoms with E-state index in [1.807, 2.05) is 12.1 Å². The van der Waals surface area contributed by atoms with Crippen molar-refractivity contribution in [2.24, 2.45) is 0 Å². The molecule has 0 bridgehead atoms. The summed E-state index contributed by atoms with van der Waals surface area (Å²) in [5.74, 6) is 1.44. The third-order valence-electron chi connectivity index (χ3n) is 4.42. The van der Waals surface area contributed by atoms with Gasteiger partial charge in [0, 0.05) is 15.5 Å². The number of hydrogen-bond donors (Lipinski definition) is 1. The molecule has 0 aliphatic rings. The van der Waals surface area contributed by atoms with E-state index in [1.54, 1.807) is 30.8 Å². The lowest BCUT2D eigenvalue weighted by molar-refractivity contribution is 0.417. The molecule has 2 aromatic heterocycles. The minimum absolute atomic E-state index is 0.629. The number of aryl methyl sites for hydroxylation is 2. The first-order chi connectivity index (χ1) is 13.1. The first kappa shape index (κ1) is 17.8. The van der Waals surface area contributed by atoms with Crippen LogP contribution in [0.25, 0.3) is 21.3 Å². The van der Waals surface area contributed by atoms with E-state index in [0.717, 1.165) is 32.8 Å². The number of methoxy groups -OCH3 is 1. The maximum absolute atomic E-state index is 6.18. The fraction of sp³-hybridized carbons (Fsp3) is 0.143. The highest BCUT2D eigenvalue weighted by Crippen LogP contribution is 2.42. The summed E-state index contributed by atoms with van der Waals surface area (Å²) >= 11 is 7.85. The van der Waals surface area contributed by atoms with Gasteiger partial charge in [-0.1, -0.05) is 41.4 Å². The molecule has 0 atom stereocenters. The number of halogens is 1. The Morgan fingerprint density at radius 1 is 1.04 bits per heavy atom. The van der Waals surface area contributed by atoms with Gasteiger partial charge in [-0.15, -0.1) is 11.3 Å². The fourth-order valence-corrected chi connectivity index (χ4v) is 4.30. The summed E-state index contributed by atoms with van der Waals surface area (Å²) in [5.41, 5.74) is 4.30. The van der Waals surface area contributed by atoms with Gasteiger partial charge < -0.3 is 10.1 Å². The number of fused-ring (bicyclic) bond motifs is 1. The molecular formula is C21H18ClN3OS. The Balaban J connectivity index is 1.90. The number of ether oxygens (including phenoxy) is 1. The summed E-state index contributed by atoms with van der Waals surface area (Å²) in [6, 6.07) is 14.0. The lowest BCUT2D eigenvalue weighted by Gasteiger charge is -2.12. The molecule has 4 nitrogen and oxygen atoms in total. The van der Waals surface area contributed by atoms with Gasteiger partial charge in [-0.05, 0) is 37.6 Å². The highest BCUT2D eigenvalue weighted by molar-refractivity contribution is 7.19. The zero-order valence-electron chi connectivity index (χ0n) is 15.2. The van der Waals surface area contributed by atoms with Crippen LogP contribution in [0.15, 0.2) is 48.8 Å². The summed E-state index contributed by atoms with van der Waals surface area (Å²) in [7, 11) is 1.64. The van der Waals surface area contributed by atoms with Gasteiger partial charge in [0.1, 0.15) is 22.7 Å². The van der Waals surface area contributed by atoms with Gasteiger partial charge >= 0.3 is 0 Å². The van der Waals surface area contributed by atoms with Crippen molar-refractivity contribution < 1.29 is 4.74 Å². The molecule has 0 amide bonds. The second kappa shape index (κ2) is 7.18. The predicted molar refractivity (Wildman–Crippen MR) is 114 cm³/mol. The van der Waals surface area contributed by atoms with E-state index < -0.39 is 0 Å². The molecule has 2 aromatic carbocycles. The van der Waals surface area contributed by atoms with Crippen molar-refractivity contribution in [1.29, 1.82) is 0 Å². The van der Waals surface area contributed by atoms with Crippen molar-refractivity contribution in [3.05, 3.63) is 64.3 Å². The van der Waals surface area contributed by atoms with Crippen molar-refractivity contribution in [3.63, 3.8) is 0 Å². The summed E-state index contributed by atoms with van der Waals surface area (Å²) in [6.45, 7) is 4.20. The number of aromatic nitrogens is 2. The Morgan fingerprint density at radius 3 is 2.56 bits per heavy atom. The van der Waals surface area contributed by atoms with Crippen LogP contribution in [0.2, 0.25) is 5.02 Å². The quantitative estimate of drug-likeness (QED) is 0.435. The van der Waals surface area contributed by atoms with Crippen molar-refractivity contribution in [2.75, 3.05) is 12.4 Å². The van der Waals surface area contributed by atoms with Crippen LogP contribution in [0.1, 0.15) is 10.4 Å². The second-order valence-corrected chi connectivity index (χ2v) is 7.91. The SMILES string of the molecule is COc1ccc(Cl)cc1Nc1ncnc2sc(C)c(-c3ccc(C)cc3)c12. The van der Waals surface area contributed by atoms with E-state index in [9.17, 15) is 0 Å². The zero-order chi connectivity index (χ0) is 19.0. The lowest BCUT2D eigenvalue weighted by Crippen LogP contribution is -1.98. The van der Waals surface area contributed by atoms with E-state index >= 15 is 0 Å².